The van der Waals surface area contributed by atoms with Crippen molar-refractivity contribution in [1.82, 2.24) is 10.2 Å². The van der Waals surface area contributed by atoms with Gasteiger partial charge < -0.3 is 14.9 Å². The number of cyclic esters (lactones) is 1. The molecule has 1 heterocycles. The van der Waals surface area contributed by atoms with E-state index < -0.39 is 36.2 Å². The van der Waals surface area contributed by atoms with Crippen LogP contribution in [0.3, 0.4) is 0 Å². The summed E-state index contributed by atoms with van der Waals surface area (Å²) >= 11 is 12.0. The van der Waals surface area contributed by atoms with E-state index in [9.17, 15) is 24.6 Å². The van der Waals surface area contributed by atoms with Gasteiger partial charge in [0.25, 0.3) is 0 Å². The normalized spacial score (nSPS) is 18.6. The first-order valence-corrected chi connectivity index (χ1v) is 9.92. The fourth-order valence-electron chi connectivity index (χ4n) is 3.24. The van der Waals surface area contributed by atoms with E-state index in [-0.39, 0.29) is 31.9 Å². The van der Waals surface area contributed by atoms with Crippen molar-refractivity contribution in [3.05, 3.63) is 33.8 Å². The zero-order valence-corrected chi connectivity index (χ0v) is 17.6. The first-order valence-electron chi connectivity index (χ1n) is 9.16. The number of hydrogen-bond acceptors (Lipinski definition) is 5. The summed E-state index contributed by atoms with van der Waals surface area (Å²) in [5.74, 6) is -2.24. The molecule has 1 fully saturated rings. The molecular weight excluding hydrogens is 423 g/mol. The first kappa shape index (κ1) is 23.3. The van der Waals surface area contributed by atoms with Gasteiger partial charge in [0.15, 0.2) is 0 Å². The van der Waals surface area contributed by atoms with Crippen LogP contribution in [0.4, 0.5) is 4.79 Å². The Bertz CT molecular complexity index is 753. The lowest BCUT2D eigenvalue weighted by atomic mass is 10.0. The number of benzene rings is 1. The van der Waals surface area contributed by atoms with Crippen LogP contribution in [0.1, 0.15) is 32.3 Å². The number of nitrogens with one attached hydrogen (secondary N) is 1. The van der Waals surface area contributed by atoms with Gasteiger partial charge in [-0.1, -0.05) is 37.0 Å². The van der Waals surface area contributed by atoms with E-state index in [1.165, 1.54) is 4.90 Å². The van der Waals surface area contributed by atoms with Crippen molar-refractivity contribution in [2.75, 3.05) is 6.61 Å². The lowest BCUT2D eigenvalue weighted by molar-refractivity contribution is -0.143. The standard InChI is InChI=1S/C19H24Cl2N2O6/c1-10(2)3-15(17(24)25)22-16(18(26)27)7-14-9-29-19(28)23(14)8-11-4-12(20)6-13(21)5-11/h4-6,10,14-16,22H,3,7-9H2,1-2H3,(H,24,25)(H,26,27). The molecule has 1 amide bonds. The fourth-order valence-corrected chi connectivity index (χ4v) is 3.82. The molecule has 1 aromatic rings. The van der Waals surface area contributed by atoms with Gasteiger partial charge in [0.05, 0.1) is 6.04 Å². The molecule has 29 heavy (non-hydrogen) atoms. The minimum atomic E-state index is -1.19. The van der Waals surface area contributed by atoms with Crippen molar-refractivity contribution in [3.8, 4) is 0 Å². The number of rotatable bonds is 10. The van der Waals surface area contributed by atoms with E-state index >= 15 is 0 Å². The molecule has 3 N–H and O–H groups in total. The minimum Gasteiger partial charge on any atom is -0.480 e. The number of hydrogen-bond donors (Lipinski definition) is 3. The minimum absolute atomic E-state index is 0.00273. The third kappa shape index (κ3) is 6.76. The Morgan fingerprint density at radius 3 is 2.28 bits per heavy atom. The summed E-state index contributed by atoms with van der Waals surface area (Å²) in [7, 11) is 0. The van der Waals surface area contributed by atoms with E-state index in [2.05, 4.69) is 5.32 Å². The molecule has 3 unspecified atom stereocenters. The average Bonchev–Trinajstić information content (AvgIpc) is 2.92. The number of carbonyl (C=O) groups is 3. The van der Waals surface area contributed by atoms with Crippen LogP contribution in [0.25, 0.3) is 0 Å². The molecule has 3 atom stereocenters. The van der Waals surface area contributed by atoms with Gasteiger partial charge in [0.1, 0.15) is 18.7 Å². The van der Waals surface area contributed by atoms with E-state index in [4.69, 9.17) is 27.9 Å². The van der Waals surface area contributed by atoms with Gasteiger partial charge in [0, 0.05) is 16.6 Å². The second kappa shape index (κ2) is 10.1. The van der Waals surface area contributed by atoms with Crippen molar-refractivity contribution in [2.45, 2.75) is 51.4 Å². The maximum absolute atomic E-state index is 12.2. The van der Waals surface area contributed by atoms with Gasteiger partial charge in [-0.05, 0) is 42.5 Å². The highest BCUT2D eigenvalue weighted by atomic mass is 35.5. The molecule has 2 rings (SSSR count). The van der Waals surface area contributed by atoms with Crippen molar-refractivity contribution in [3.63, 3.8) is 0 Å². The highest BCUT2D eigenvalue weighted by Crippen LogP contribution is 2.24. The van der Waals surface area contributed by atoms with Gasteiger partial charge >= 0.3 is 18.0 Å². The maximum atomic E-state index is 12.2. The Kier molecular flexibility index (Phi) is 8.13. The highest BCUT2D eigenvalue weighted by molar-refractivity contribution is 6.34. The molecule has 1 saturated heterocycles. The summed E-state index contributed by atoms with van der Waals surface area (Å²) in [6, 6.07) is 2.19. The summed E-state index contributed by atoms with van der Waals surface area (Å²) in [6.45, 7) is 3.87. The van der Waals surface area contributed by atoms with Crippen molar-refractivity contribution < 1.29 is 29.3 Å². The Balaban J connectivity index is 2.13. The van der Waals surface area contributed by atoms with E-state index in [1.54, 1.807) is 18.2 Å². The largest absolute Gasteiger partial charge is 0.480 e. The number of carboxylic acid groups (broad SMARTS) is 2. The summed E-state index contributed by atoms with van der Waals surface area (Å²) in [5.41, 5.74) is 0.675. The van der Waals surface area contributed by atoms with Gasteiger partial charge in [-0.15, -0.1) is 0 Å². The number of carboxylic acids is 2. The maximum Gasteiger partial charge on any atom is 0.410 e. The zero-order chi connectivity index (χ0) is 21.7. The summed E-state index contributed by atoms with van der Waals surface area (Å²) in [4.78, 5) is 36.8. The SMILES string of the molecule is CC(C)CC(NC(CC1COC(=O)N1Cc1cc(Cl)cc(Cl)c1)C(=O)O)C(=O)O. The van der Waals surface area contributed by atoms with Crippen LogP contribution in [0.5, 0.6) is 0 Å². The number of ether oxygens (including phenoxy) is 1. The lowest BCUT2D eigenvalue weighted by Crippen LogP contribution is -2.50. The fraction of sp³-hybridized carbons (Fsp3) is 0.526. The van der Waals surface area contributed by atoms with E-state index in [1.807, 2.05) is 13.8 Å². The molecule has 10 heteroatoms. The quantitative estimate of drug-likeness (QED) is 0.504. The number of nitrogens with zero attached hydrogens (tertiary/aromatic N) is 1. The number of carbonyl (C=O) groups excluding carboxylic acids is 1. The van der Waals surface area contributed by atoms with Crippen LogP contribution in [0.15, 0.2) is 18.2 Å². The van der Waals surface area contributed by atoms with Crippen LogP contribution < -0.4 is 5.32 Å². The zero-order valence-electron chi connectivity index (χ0n) is 16.1. The molecule has 0 aromatic heterocycles. The Morgan fingerprint density at radius 1 is 1.17 bits per heavy atom. The predicted molar refractivity (Wildman–Crippen MR) is 107 cm³/mol. The number of halogens is 2. The second-order valence-corrected chi connectivity index (χ2v) is 8.32. The molecule has 0 aliphatic carbocycles. The van der Waals surface area contributed by atoms with Crippen LogP contribution in [-0.4, -0.2) is 57.9 Å². The molecule has 160 valence electrons. The first-order chi connectivity index (χ1) is 13.6. The van der Waals surface area contributed by atoms with Gasteiger partial charge in [-0.25, -0.2) is 4.79 Å². The molecule has 0 spiro atoms. The molecule has 0 radical (unpaired) electrons. The Morgan fingerprint density at radius 2 is 1.76 bits per heavy atom. The second-order valence-electron chi connectivity index (χ2n) is 7.45. The van der Waals surface area contributed by atoms with E-state index in [0.29, 0.717) is 15.6 Å². The Hall–Kier alpha value is -2.03. The van der Waals surface area contributed by atoms with Gasteiger partial charge in [-0.2, -0.15) is 0 Å². The van der Waals surface area contributed by atoms with Crippen molar-refractivity contribution >= 4 is 41.2 Å². The van der Waals surface area contributed by atoms with Crippen molar-refractivity contribution in [2.24, 2.45) is 5.92 Å². The smallest absolute Gasteiger partial charge is 0.410 e. The topological polar surface area (TPSA) is 116 Å². The molecule has 0 saturated carbocycles. The monoisotopic (exact) mass is 446 g/mol. The summed E-state index contributed by atoms with van der Waals surface area (Å²) < 4.78 is 5.09. The lowest BCUT2D eigenvalue weighted by Gasteiger charge is -2.27. The molecule has 8 nitrogen and oxygen atoms in total. The van der Waals surface area contributed by atoms with E-state index in [0.717, 1.165) is 0 Å². The molecule has 1 aromatic carbocycles. The molecular formula is C19H24Cl2N2O6. The van der Waals surface area contributed by atoms with Gasteiger partial charge in [0.2, 0.25) is 0 Å². The van der Waals surface area contributed by atoms with Crippen LogP contribution in [0, 0.1) is 5.92 Å². The molecule has 1 aliphatic heterocycles. The highest BCUT2D eigenvalue weighted by Gasteiger charge is 2.37. The summed E-state index contributed by atoms with van der Waals surface area (Å²) in [5, 5.41) is 22.5. The predicted octanol–water partition coefficient (Wildman–Crippen LogP) is 3.25. The van der Waals surface area contributed by atoms with Crippen LogP contribution in [0.2, 0.25) is 10.0 Å². The van der Waals surface area contributed by atoms with Crippen molar-refractivity contribution in [1.29, 1.82) is 0 Å². The number of amides is 1. The van der Waals surface area contributed by atoms with Gasteiger partial charge in [-0.3, -0.25) is 19.8 Å². The summed E-state index contributed by atoms with van der Waals surface area (Å²) in [6.07, 6.45) is -0.298. The average molecular weight is 447 g/mol. The van der Waals surface area contributed by atoms with Crippen LogP contribution in [-0.2, 0) is 20.9 Å². The van der Waals surface area contributed by atoms with Crippen LogP contribution >= 0.6 is 23.2 Å². The molecule has 0 bridgehead atoms. The Labute approximate surface area is 178 Å². The third-order valence-corrected chi connectivity index (χ3v) is 5.00. The third-order valence-electron chi connectivity index (χ3n) is 4.56. The number of aliphatic carboxylic acids is 2. The molecule has 1 aliphatic rings.